The third-order valence-electron chi connectivity index (χ3n) is 3.17. The van der Waals surface area contributed by atoms with Gasteiger partial charge in [-0.25, -0.2) is 13.4 Å². The van der Waals surface area contributed by atoms with E-state index in [0.29, 0.717) is 5.92 Å². The Hall–Kier alpha value is -1.95. The molecule has 2 rings (SSSR count). The van der Waals surface area contributed by atoms with Gasteiger partial charge in [0.1, 0.15) is 0 Å². The van der Waals surface area contributed by atoms with Gasteiger partial charge in [0.25, 0.3) is 10.0 Å². The molecule has 0 unspecified atom stereocenters. The Kier molecular flexibility index (Phi) is 4.34. The first-order chi connectivity index (χ1) is 9.53. The molecule has 5 nitrogen and oxygen atoms in total. The monoisotopic (exact) mass is 291 g/mol. The van der Waals surface area contributed by atoms with Gasteiger partial charge in [0.15, 0.2) is 5.82 Å². The van der Waals surface area contributed by atoms with Crippen molar-refractivity contribution in [2.24, 2.45) is 0 Å². The van der Waals surface area contributed by atoms with Crippen LogP contribution in [-0.4, -0.2) is 18.4 Å². The van der Waals surface area contributed by atoms with Gasteiger partial charge in [-0.1, -0.05) is 26.0 Å². The Balaban J connectivity index is 2.22. The molecule has 2 aromatic rings. The molecule has 1 N–H and O–H groups in total. The van der Waals surface area contributed by atoms with Crippen LogP contribution >= 0.6 is 0 Å². The third kappa shape index (κ3) is 3.33. The average Bonchev–Trinajstić information content (AvgIpc) is 2.47. The molecule has 0 aliphatic carbocycles. The van der Waals surface area contributed by atoms with Crippen molar-refractivity contribution in [3.8, 4) is 0 Å². The Bertz CT molecular complexity index is 655. The van der Waals surface area contributed by atoms with Crippen LogP contribution in [0.15, 0.2) is 47.8 Å². The highest BCUT2D eigenvalue weighted by Gasteiger charge is 2.15. The topological polar surface area (TPSA) is 72.0 Å². The van der Waals surface area contributed by atoms with Gasteiger partial charge in [0, 0.05) is 12.4 Å². The van der Waals surface area contributed by atoms with E-state index < -0.39 is 10.0 Å². The highest BCUT2D eigenvalue weighted by Crippen LogP contribution is 2.21. The summed E-state index contributed by atoms with van der Waals surface area (Å²) in [5.41, 5.74) is 1.13. The summed E-state index contributed by atoms with van der Waals surface area (Å²) in [7, 11) is -3.62. The maximum absolute atomic E-state index is 12.2. The lowest BCUT2D eigenvalue weighted by atomic mass is 9.99. The zero-order valence-corrected chi connectivity index (χ0v) is 12.3. The number of anilines is 1. The fraction of sp³-hybridized carbons (Fsp3) is 0.286. The number of nitrogens with one attached hydrogen (secondary N) is 1. The predicted molar refractivity (Wildman–Crippen MR) is 78.0 cm³/mol. The molecule has 1 heterocycles. The second-order valence-corrected chi connectivity index (χ2v) is 6.26. The summed E-state index contributed by atoms with van der Waals surface area (Å²) < 4.78 is 26.7. The highest BCUT2D eigenvalue weighted by atomic mass is 32.2. The minimum absolute atomic E-state index is 0.207. The summed E-state index contributed by atoms with van der Waals surface area (Å²) in [6.45, 7) is 4.21. The Morgan fingerprint density at radius 3 is 2.45 bits per heavy atom. The summed E-state index contributed by atoms with van der Waals surface area (Å²) in [6.07, 6.45) is 5.30. The SMILES string of the molecule is CC[C@@H](C)c1ccc(S(=O)(=O)Nc2cnccn2)cc1. The minimum Gasteiger partial charge on any atom is -0.262 e. The Morgan fingerprint density at radius 2 is 1.90 bits per heavy atom. The van der Waals surface area contributed by atoms with Gasteiger partial charge in [-0.3, -0.25) is 9.71 Å². The van der Waals surface area contributed by atoms with Gasteiger partial charge in [-0.2, -0.15) is 0 Å². The summed E-state index contributed by atoms with van der Waals surface area (Å²) >= 11 is 0. The van der Waals surface area contributed by atoms with Crippen LogP contribution in [0.1, 0.15) is 31.7 Å². The molecule has 0 fully saturated rings. The zero-order chi connectivity index (χ0) is 14.6. The molecule has 0 radical (unpaired) electrons. The van der Waals surface area contributed by atoms with Gasteiger partial charge in [-0.15, -0.1) is 0 Å². The van der Waals surface area contributed by atoms with Gasteiger partial charge >= 0.3 is 0 Å². The molecular weight excluding hydrogens is 274 g/mol. The fourth-order valence-corrected chi connectivity index (χ4v) is 2.75. The molecule has 0 aliphatic rings. The second-order valence-electron chi connectivity index (χ2n) is 4.57. The van der Waals surface area contributed by atoms with Crippen molar-refractivity contribution in [3.05, 3.63) is 48.4 Å². The quantitative estimate of drug-likeness (QED) is 0.919. The van der Waals surface area contributed by atoms with Crippen molar-refractivity contribution in [2.45, 2.75) is 31.1 Å². The molecule has 0 saturated carbocycles. The molecule has 1 atom stereocenters. The second kappa shape index (κ2) is 6.00. The van der Waals surface area contributed by atoms with Crippen LogP contribution in [0.5, 0.6) is 0 Å². The molecule has 0 aliphatic heterocycles. The van der Waals surface area contributed by atoms with Gasteiger partial charge in [-0.05, 0) is 30.0 Å². The highest BCUT2D eigenvalue weighted by molar-refractivity contribution is 7.92. The van der Waals surface area contributed by atoms with E-state index >= 15 is 0 Å². The van der Waals surface area contributed by atoms with Gasteiger partial charge < -0.3 is 0 Å². The van der Waals surface area contributed by atoms with E-state index in [1.807, 2.05) is 12.1 Å². The molecule has 0 amide bonds. The summed E-state index contributed by atoms with van der Waals surface area (Å²) in [5, 5.41) is 0. The van der Waals surface area contributed by atoms with Crippen molar-refractivity contribution >= 4 is 15.8 Å². The van der Waals surface area contributed by atoms with Crippen LogP contribution in [0.3, 0.4) is 0 Å². The molecule has 1 aromatic carbocycles. The van der Waals surface area contributed by atoms with E-state index in [4.69, 9.17) is 0 Å². The van der Waals surface area contributed by atoms with E-state index in [9.17, 15) is 8.42 Å². The predicted octanol–water partition coefficient (Wildman–Crippen LogP) is 2.79. The Labute approximate surface area is 119 Å². The number of nitrogens with zero attached hydrogens (tertiary/aromatic N) is 2. The number of benzene rings is 1. The lowest BCUT2D eigenvalue weighted by Gasteiger charge is -2.10. The average molecular weight is 291 g/mol. The fourth-order valence-electron chi connectivity index (χ4n) is 1.76. The molecule has 1 aromatic heterocycles. The van der Waals surface area contributed by atoms with Gasteiger partial charge in [0.2, 0.25) is 0 Å². The lowest BCUT2D eigenvalue weighted by molar-refractivity contribution is 0.601. The van der Waals surface area contributed by atoms with E-state index in [1.165, 1.54) is 18.6 Å². The largest absolute Gasteiger partial charge is 0.263 e. The van der Waals surface area contributed by atoms with Crippen molar-refractivity contribution in [1.29, 1.82) is 0 Å². The van der Waals surface area contributed by atoms with E-state index in [0.717, 1.165) is 12.0 Å². The zero-order valence-electron chi connectivity index (χ0n) is 11.4. The third-order valence-corrected chi connectivity index (χ3v) is 4.54. The minimum atomic E-state index is -3.62. The molecule has 20 heavy (non-hydrogen) atoms. The van der Waals surface area contributed by atoms with Crippen LogP contribution in [0, 0.1) is 0 Å². The summed E-state index contributed by atoms with van der Waals surface area (Å²) in [4.78, 5) is 7.93. The van der Waals surface area contributed by atoms with E-state index in [2.05, 4.69) is 28.5 Å². The molecule has 0 saturated heterocycles. The van der Waals surface area contributed by atoms with E-state index in [-0.39, 0.29) is 10.7 Å². The van der Waals surface area contributed by atoms with Crippen molar-refractivity contribution in [2.75, 3.05) is 4.72 Å². The van der Waals surface area contributed by atoms with Crippen LogP contribution in [0.25, 0.3) is 0 Å². The molecule has 0 bridgehead atoms. The molecule has 6 heteroatoms. The lowest BCUT2D eigenvalue weighted by Crippen LogP contribution is -2.14. The first-order valence-corrected chi connectivity index (χ1v) is 7.90. The summed E-state index contributed by atoms with van der Waals surface area (Å²) in [5.74, 6) is 0.623. The number of aromatic nitrogens is 2. The number of hydrogen-bond donors (Lipinski definition) is 1. The maximum Gasteiger partial charge on any atom is 0.263 e. The number of hydrogen-bond acceptors (Lipinski definition) is 4. The van der Waals surface area contributed by atoms with Crippen molar-refractivity contribution in [1.82, 2.24) is 9.97 Å². The van der Waals surface area contributed by atoms with Crippen LogP contribution in [-0.2, 0) is 10.0 Å². The normalized spacial score (nSPS) is 12.9. The summed E-state index contributed by atoms with van der Waals surface area (Å²) in [6, 6.07) is 6.92. The van der Waals surface area contributed by atoms with Crippen molar-refractivity contribution < 1.29 is 8.42 Å². The maximum atomic E-state index is 12.2. The van der Waals surface area contributed by atoms with Crippen LogP contribution in [0.4, 0.5) is 5.82 Å². The number of rotatable bonds is 5. The van der Waals surface area contributed by atoms with Gasteiger partial charge in [0.05, 0.1) is 11.1 Å². The smallest absolute Gasteiger partial charge is 0.262 e. The molecule has 106 valence electrons. The number of sulfonamides is 1. The standard InChI is InChI=1S/C14H17N3O2S/c1-3-11(2)12-4-6-13(7-5-12)20(18,19)17-14-10-15-8-9-16-14/h4-11H,3H2,1-2H3,(H,16,17)/t11-/m1/s1. The van der Waals surface area contributed by atoms with E-state index in [1.54, 1.807) is 12.1 Å². The van der Waals surface area contributed by atoms with Crippen LogP contribution in [0.2, 0.25) is 0 Å². The molecular formula is C14H17N3O2S. The Morgan fingerprint density at radius 1 is 1.20 bits per heavy atom. The first-order valence-electron chi connectivity index (χ1n) is 6.41. The van der Waals surface area contributed by atoms with Crippen molar-refractivity contribution in [3.63, 3.8) is 0 Å². The molecule has 0 spiro atoms. The first kappa shape index (κ1) is 14.5. The van der Waals surface area contributed by atoms with Crippen LogP contribution < -0.4 is 4.72 Å².